The number of rotatable bonds is 16. The van der Waals surface area contributed by atoms with Crippen molar-refractivity contribution < 1.29 is 28.7 Å². The summed E-state index contributed by atoms with van der Waals surface area (Å²) in [5.74, 6) is -0.436. The molecular weight excluding hydrogens is 761 g/mol. The van der Waals surface area contributed by atoms with Gasteiger partial charge in [-0.15, -0.1) is 0 Å². The van der Waals surface area contributed by atoms with Gasteiger partial charge in [0, 0.05) is 73.8 Å². The van der Waals surface area contributed by atoms with Crippen molar-refractivity contribution in [2.45, 2.75) is 90.0 Å². The van der Waals surface area contributed by atoms with Gasteiger partial charge < -0.3 is 45.2 Å². The molecule has 0 bridgehead atoms. The Morgan fingerprint density at radius 2 is 1.52 bits per heavy atom. The van der Waals surface area contributed by atoms with Crippen LogP contribution in [0, 0.1) is 0 Å². The number of esters is 1. The van der Waals surface area contributed by atoms with Gasteiger partial charge in [0.15, 0.2) is 0 Å². The van der Waals surface area contributed by atoms with Crippen LogP contribution in [0.5, 0.6) is 0 Å². The largest absolute Gasteiger partial charge is 0.458 e. The number of imidazole rings is 1. The van der Waals surface area contributed by atoms with Crippen molar-refractivity contribution in [2.75, 3.05) is 37.6 Å². The SMILES string of the molecule is CC(C)(C)OC(=O)[C@@H](CCCCNC(=O)OCc1ccccc1)NC(=O)C(C)(C)c1cnc([C@@H](Cc2c[nH]c3ccccc23)NC(=O)N2CCN(c3ccccc3)CC2)[nH]1. The molecule has 1 fully saturated rings. The van der Waals surface area contributed by atoms with E-state index in [0.717, 1.165) is 27.7 Å². The lowest BCUT2D eigenvalue weighted by molar-refractivity contribution is -0.159. The third-order valence-electron chi connectivity index (χ3n) is 10.6. The fraction of sp³-hybridized carbons (Fsp3) is 0.413. The molecule has 0 saturated carbocycles. The number of hydrogen-bond acceptors (Lipinski definition) is 8. The number of hydrogen-bond donors (Lipinski definition) is 5. The summed E-state index contributed by atoms with van der Waals surface area (Å²) in [5, 5.41) is 9.98. The Balaban J connectivity index is 1.11. The van der Waals surface area contributed by atoms with E-state index in [1.54, 1.807) is 40.8 Å². The number of para-hydroxylation sites is 2. The average Bonchev–Trinajstić information content (AvgIpc) is 3.91. The number of nitrogens with zero attached hydrogens (tertiary/aromatic N) is 3. The summed E-state index contributed by atoms with van der Waals surface area (Å²) in [5.41, 5.74) is 2.62. The monoisotopic (exact) mass is 818 g/mol. The molecule has 2 aromatic heterocycles. The van der Waals surface area contributed by atoms with Crippen LogP contribution in [-0.4, -0.2) is 88.2 Å². The molecule has 1 aliphatic heterocycles. The van der Waals surface area contributed by atoms with E-state index in [1.165, 1.54) is 0 Å². The second kappa shape index (κ2) is 19.6. The van der Waals surface area contributed by atoms with Gasteiger partial charge in [0.1, 0.15) is 24.1 Å². The summed E-state index contributed by atoms with van der Waals surface area (Å²) < 4.78 is 11.0. The Bertz CT molecular complexity index is 2190. The fourth-order valence-corrected chi connectivity index (χ4v) is 7.14. The highest BCUT2D eigenvalue weighted by Gasteiger charge is 2.37. The number of H-pyrrole nitrogens is 2. The maximum Gasteiger partial charge on any atom is 0.407 e. The first-order valence-corrected chi connectivity index (χ1v) is 20.7. The number of alkyl carbamates (subject to hydrolysis) is 1. The molecule has 0 aliphatic carbocycles. The molecule has 5 N–H and O–H groups in total. The Morgan fingerprint density at radius 1 is 0.833 bits per heavy atom. The van der Waals surface area contributed by atoms with E-state index in [9.17, 15) is 19.2 Å². The molecule has 14 nitrogen and oxygen atoms in total. The Morgan fingerprint density at radius 3 is 2.23 bits per heavy atom. The van der Waals surface area contributed by atoms with Gasteiger partial charge in [0.05, 0.1) is 11.5 Å². The molecule has 60 heavy (non-hydrogen) atoms. The van der Waals surface area contributed by atoms with E-state index >= 15 is 0 Å². The van der Waals surface area contributed by atoms with Gasteiger partial charge in [0.25, 0.3) is 0 Å². The second-order valence-electron chi connectivity index (χ2n) is 16.7. The Hall–Kier alpha value is -6.31. The molecule has 0 radical (unpaired) electrons. The van der Waals surface area contributed by atoms with Crippen LogP contribution in [0.2, 0.25) is 0 Å². The van der Waals surface area contributed by atoms with Gasteiger partial charge >= 0.3 is 18.1 Å². The average molecular weight is 819 g/mol. The highest BCUT2D eigenvalue weighted by Crippen LogP contribution is 2.28. The third kappa shape index (κ3) is 11.7. The van der Waals surface area contributed by atoms with Gasteiger partial charge in [0.2, 0.25) is 5.91 Å². The number of piperazine rings is 1. The van der Waals surface area contributed by atoms with Crippen molar-refractivity contribution >= 4 is 40.6 Å². The molecular formula is C46H58N8O6. The minimum Gasteiger partial charge on any atom is -0.458 e. The van der Waals surface area contributed by atoms with Crippen molar-refractivity contribution in [1.29, 1.82) is 0 Å². The van der Waals surface area contributed by atoms with E-state index in [4.69, 9.17) is 14.5 Å². The Kier molecular flexibility index (Phi) is 14.2. The summed E-state index contributed by atoms with van der Waals surface area (Å²) in [7, 11) is 0. The summed E-state index contributed by atoms with van der Waals surface area (Å²) >= 11 is 0. The molecule has 3 heterocycles. The van der Waals surface area contributed by atoms with E-state index in [-0.39, 0.29) is 12.6 Å². The quantitative estimate of drug-likeness (QED) is 0.0528. The summed E-state index contributed by atoms with van der Waals surface area (Å²) in [4.78, 5) is 69.1. The number of anilines is 1. The number of fused-ring (bicyclic) bond motifs is 1. The number of benzene rings is 3. The zero-order valence-electron chi connectivity index (χ0n) is 35.3. The minimum absolute atomic E-state index is 0.166. The van der Waals surface area contributed by atoms with Crippen LogP contribution >= 0.6 is 0 Å². The molecule has 0 spiro atoms. The zero-order chi connectivity index (χ0) is 42.7. The highest BCUT2D eigenvalue weighted by atomic mass is 16.6. The first-order valence-electron chi connectivity index (χ1n) is 20.7. The van der Waals surface area contributed by atoms with Gasteiger partial charge in [-0.1, -0.05) is 66.7 Å². The summed E-state index contributed by atoms with van der Waals surface area (Å²) in [6.07, 6.45) is 4.86. The topological polar surface area (TPSA) is 174 Å². The smallest absolute Gasteiger partial charge is 0.407 e. The van der Waals surface area contributed by atoms with Crippen LogP contribution in [0.15, 0.2) is 97.3 Å². The molecule has 6 rings (SSSR count). The van der Waals surface area contributed by atoms with Gasteiger partial charge in [-0.2, -0.15) is 0 Å². The highest BCUT2D eigenvalue weighted by molar-refractivity contribution is 5.91. The second-order valence-corrected chi connectivity index (χ2v) is 16.7. The molecule has 318 valence electrons. The lowest BCUT2D eigenvalue weighted by Crippen LogP contribution is -2.52. The first-order chi connectivity index (χ1) is 28.8. The number of urea groups is 1. The normalized spacial score (nSPS) is 14.3. The van der Waals surface area contributed by atoms with Gasteiger partial charge in [-0.05, 0) is 83.2 Å². The molecule has 1 aliphatic rings. The van der Waals surface area contributed by atoms with Gasteiger partial charge in [-0.3, -0.25) is 4.79 Å². The van der Waals surface area contributed by atoms with Crippen molar-refractivity contribution in [3.05, 3.63) is 120 Å². The maximum absolute atomic E-state index is 14.1. The van der Waals surface area contributed by atoms with Crippen LogP contribution in [0.1, 0.15) is 82.6 Å². The van der Waals surface area contributed by atoms with Crippen LogP contribution < -0.4 is 20.9 Å². The number of carbonyl (C=O) groups is 4. The number of amides is 4. The predicted molar refractivity (Wildman–Crippen MR) is 231 cm³/mol. The van der Waals surface area contributed by atoms with Crippen LogP contribution in [0.25, 0.3) is 10.9 Å². The molecule has 1 saturated heterocycles. The van der Waals surface area contributed by atoms with Crippen LogP contribution in [0.3, 0.4) is 0 Å². The van der Waals surface area contributed by atoms with E-state index in [2.05, 4.69) is 43.0 Å². The van der Waals surface area contributed by atoms with E-state index in [0.29, 0.717) is 69.9 Å². The molecule has 3 aromatic carbocycles. The first kappa shape index (κ1) is 43.3. The number of carbonyl (C=O) groups excluding carboxylic acids is 4. The molecule has 2 atom stereocenters. The minimum atomic E-state index is -1.15. The lowest BCUT2D eigenvalue weighted by Gasteiger charge is -2.36. The number of nitrogens with one attached hydrogen (secondary N) is 5. The fourth-order valence-electron chi connectivity index (χ4n) is 7.14. The van der Waals surface area contributed by atoms with Crippen molar-refractivity contribution in [3.8, 4) is 0 Å². The standard InChI is InChI=1S/C46H58N8O6/c1-45(2,3)60-41(55)37(22-14-15-23-47-44(58)59-31-32-16-8-6-9-17-32)50-42(56)46(4,5)39-30-49-40(52-39)38(28-33-29-48-36-21-13-12-20-35(33)36)51-43(57)54-26-24-53(25-27-54)34-18-10-7-11-19-34/h6-13,16-21,29-30,37-38,48H,14-15,22-28,31H2,1-5H3,(H,47,58)(H,49,52)(H,50,56)(H,51,57)/t37-,38-/m1/s1. The zero-order valence-corrected chi connectivity index (χ0v) is 35.3. The molecule has 0 unspecified atom stereocenters. The van der Waals surface area contributed by atoms with Crippen LogP contribution in [-0.2, 0) is 37.5 Å². The number of aromatic nitrogens is 3. The molecule has 4 amide bonds. The third-order valence-corrected chi connectivity index (χ3v) is 10.6. The van der Waals surface area contributed by atoms with Crippen molar-refractivity contribution in [1.82, 2.24) is 35.8 Å². The number of aromatic amines is 2. The number of unbranched alkanes of at least 4 members (excludes halogenated alkanes) is 1. The van der Waals surface area contributed by atoms with Crippen molar-refractivity contribution in [2.24, 2.45) is 0 Å². The van der Waals surface area contributed by atoms with Gasteiger partial charge in [-0.25, -0.2) is 19.4 Å². The predicted octanol–water partition coefficient (Wildman–Crippen LogP) is 6.91. The van der Waals surface area contributed by atoms with E-state index < -0.39 is 41.1 Å². The number of ether oxygens (including phenoxy) is 2. The Labute approximate surface area is 351 Å². The van der Waals surface area contributed by atoms with E-state index in [1.807, 2.05) is 83.9 Å². The van der Waals surface area contributed by atoms with Crippen molar-refractivity contribution in [3.63, 3.8) is 0 Å². The maximum atomic E-state index is 14.1. The summed E-state index contributed by atoms with van der Waals surface area (Å²) in [6, 6.07) is 25.9. The lowest BCUT2D eigenvalue weighted by atomic mass is 9.88. The molecule has 5 aromatic rings. The van der Waals surface area contributed by atoms with Crippen LogP contribution in [0.4, 0.5) is 15.3 Å². The summed E-state index contributed by atoms with van der Waals surface area (Å²) in [6.45, 7) is 11.9. The molecule has 14 heteroatoms.